The van der Waals surface area contributed by atoms with Crippen LogP contribution in [0.25, 0.3) is 0 Å². The molecule has 1 aromatic rings. The number of nitrogens with zero attached hydrogens (tertiary/aromatic N) is 1. The van der Waals surface area contributed by atoms with Gasteiger partial charge < -0.3 is 15.8 Å². The predicted octanol–water partition coefficient (Wildman–Crippen LogP) is 2.56. The smallest absolute Gasteiger partial charge is 0.188 e. The second-order valence-corrected chi connectivity index (χ2v) is 6.94. The van der Waals surface area contributed by atoms with Gasteiger partial charge in [-0.2, -0.15) is 0 Å². The minimum Gasteiger partial charge on any atom is -0.381 e. The molecule has 0 radical (unpaired) electrons. The summed E-state index contributed by atoms with van der Waals surface area (Å²) in [7, 11) is 0. The summed E-state index contributed by atoms with van der Waals surface area (Å²) < 4.78 is 6.65. The maximum absolute atomic E-state index is 5.99. The summed E-state index contributed by atoms with van der Waals surface area (Å²) >= 11 is 3.50. The number of aliphatic imine (C=N–C) groups is 1. The standard InChI is InChI=1S/C16H22BrN3O/c17-13-3-1-12(2-4-13)16(7-9-21-10-8-16)11-19-15(18)20-14-5-6-14/h1-4,14H,5-11H2,(H3,18,19,20). The number of hydrogen-bond donors (Lipinski definition) is 2. The van der Waals surface area contributed by atoms with Crippen molar-refractivity contribution in [2.45, 2.75) is 37.1 Å². The average Bonchev–Trinajstić information content (AvgIpc) is 3.31. The third-order valence-corrected chi connectivity index (χ3v) is 4.92. The van der Waals surface area contributed by atoms with Gasteiger partial charge in [-0.3, -0.25) is 4.99 Å². The minimum atomic E-state index is 0.0504. The van der Waals surface area contributed by atoms with E-state index in [1.54, 1.807) is 0 Å². The second-order valence-electron chi connectivity index (χ2n) is 6.02. The maximum atomic E-state index is 5.99. The van der Waals surface area contributed by atoms with Gasteiger partial charge in [-0.05, 0) is 43.4 Å². The van der Waals surface area contributed by atoms with E-state index in [1.165, 1.54) is 18.4 Å². The number of nitrogens with two attached hydrogens (primary N) is 1. The Bertz CT molecular complexity index is 505. The van der Waals surface area contributed by atoms with Gasteiger partial charge in [0.2, 0.25) is 0 Å². The molecule has 1 saturated heterocycles. The lowest BCUT2D eigenvalue weighted by atomic mass is 9.74. The van der Waals surface area contributed by atoms with Crippen LogP contribution in [0.2, 0.25) is 0 Å². The van der Waals surface area contributed by atoms with E-state index in [0.717, 1.165) is 37.1 Å². The molecule has 2 aliphatic rings. The highest BCUT2D eigenvalue weighted by Crippen LogP contribution is 2.35. The molecule has 0 spiro atoms. The highest BCUT2D eigenvalue weighted by molar-refractivity contribution is 9.10. The third kappa shape index (κ3) is 3.77. The van der Waals surface area contributed by atoms with Gasteiger partial charge in [-0.15, -0.1) is 0 Å². The van der Waals surface area contributed by atoms with E-state index in [4.69, 9.17) is 10.5 Å². The first-order chi connectivity index (χ1) is 10.2. The minimum absolute atomic E-state index is 0.0504. The first kappa shape index (κ1) is 14.9. The summed E-state index contributed by atoms with van der Waals surface area (Å²) in [4.78, 5) is 4.62. The zero-order valence-electron chi connectivity index (χ0n) is 12.1. The molecular formula is C16H22BrN3O. The van der Waals surface area contributed by atoms with E-state index >= 15 is 0 Å². The van der Waals surface area contributed by atoms with Crippen molar-refractivity contribution in [2.24, 2.45) is 10.7 Å². The van der Waals surface area contributed by atoms with Crippen LogP contribution >= 0.6 is 15.9 Å². The normalized spacial score (nSPS) is 22.0. The largest absolute Gasteiger partial charge is 0.381 e. The van der Waals surface area contributed by atoms with Crippen molar-refractivity contribution >= 4 is 21.9 Å². The van der Waals surface area contributed by atoms with Crippen LogP contribution in [0.5, 0.6) is 0 Å². The summed E-state index contributed by atoms with van der Waals surface area (Å²) in [6.07, 6.45) is 4.41. The first-order valence-electron chi connectivity index (χ1n) is 7.58. The van der Waals surface area contributed by atoms with Crippen LogP contribution in [0.1, 0.15) is 31.2 Å². The molecule has 4 nitrogen and oxygen atoms in total. The van der Waals surface area contributed by atoms with Crippen LogP contribution in [-0.4, -0.2) is 31.8 Å². The van der Waals surface area contributed by atoms with Crippen molar-refractivity contribution in [1.82, 2.24) is 5.32 Å². The summed E-state index contributed by atoms with van der Waals surface area (Å²) in [6.45, 7) is 2.31. The second kappa shape index (κ2) is 6.36. The lowest BCUT2D eigenvalue weighted by molar-refractivity contribution is 0.0531. The van der Waals surface area contributed by atoms with Crippen molar-refractivity contribution in [1.29, 1.82) is 0 Å². The van der Waals surface area contributed by atoms with Crippen molar-refractivity contribution in [3.05, 3.63) is 34.3 Å². The van der Waals surface area contributed by atoms with E-state index in [0.29, 0.717) is 12.0 Å². The van der Waals surface area contributed by atoms with Gasteiger partial charge in [0.1, 0.15) is 0 Å². The molecule has 1 heterocycles. The van der Waals surface area contributed by atoms with Crippen LogP contribution in [0.3, 0.4) is 0 Å². The molecule has 0 unspecified atom stereocenters. The third-order valence-electron chi connectivity index (χ3n) is 4.39. The Hall–Kier alpha value is -1.07. The van der Waals surface area contributed by atoms with E-state index in [2.05, 4.69) is 50.5 Å². The molecule has 0 aromatic heterocycles. The number of hydrogen-bond acceptors (Lipinski definition) is 2. The van der Waals surface area contributed by atoms with Gasteiger partial charge in [0, 0.05) is 29.1 Å². The molecule has 0 bridgehead atoms. The highest BCUT2D eigenvalue weighted by Gasteiger charge is 2.34. The molecule has 1 aliphatic heterocycles. The Morgan fingerprint density at radius 3 is 2.57 bits per heavy atom. The Kier molecular flexibility index (Phi) is 4.50. The van der Waals surface area contributed by atoms with Gasteiger partial charge in [-0.1, -0.05) is 28.1 Å². The zero-order chi connectivity index (χ0) is 14.7. The molecule has 0 amide bonds. The Morgan fingerprint density at radius 1 is 1.29 bits per heavy atom. The van der Waals surface area contributed by atoms with E-state index in [-0.39, 0.29) is 5.41 Å². The van der Waals surface area contributed by atoms with Gasteiger partial charge >= 0.3 is 0 Å². The van der Waals surface area contributed by atoms with Crippen molar-refractivity contribution < 1.29 is 4.74 Å². The molecule has 1 aliphatic carbocycles. The molecule has 0 atom stereocenters. The molecule has 3 N–H and O–H groups in total. The Labute approximate surface area is 134 Å². The molecule has 1 saturated carbocycles. The van der Waals surface area contributed by atoms with E-state index in [1.807, 2.05) is 0 Å². The summed E-state index contributed by atoms with van der Waals surface area (Å²) in [5.41, 5.74) is 7.37. The van der Waals surface area contributed by atoms with Crippen LogP contribution < -0.4 is 11.1 Å². The number of guanidine groups is 1. The molecule has 21 heavy (non-hydrogen) atoms. The zero-order valence-corrected chi connectivity index (χ0v) is 13.7. The van der Waals surface area contributed by atoms with Crippen molar-refractivity contribution in [2.75, 3.05) is 19.8 Å². The number of benzene rings is 1. The van der Waals surface area contributed by atoms with E-state index < -0.39 is 0 Å². The monoisotopic (exact) mass is 351 g/mol. The van der Waals surface area contributed by atoms with Gasteiger partial charge in [0.25, 0.3) is 0 Å². The molecule has 5 heteroatoms. The van der Waals surface area contributed by atoms with Crippen LogP contribution in [0.15, 0.2) is 33.7 Å². The molecule has 3 rings (SSSR count). The van der Waals surface area contributed by atoms with Gasteiger partial charge in [0.05, 0.1) is 6.54 Å². The van der Waals surface area contributed by atoms with Crippen LogP contribution in [0.4, 0.5) is 0 Å². The van der Waals surface area contributed by atoms with Crippen molar-refractivity contribution in [3.63, 3.8) is 0 Å². The molecule has 1 aromatic carbocycles. The summed E-state index contributed by atoms with van der Waals surface area (Å²) in [5.74, 6) is 0.584. The molecular weight excluding hydrogens is 330 g/mol. The van der Waals surface area contributed by atoms with E-state index in [9.17, 15) is 0 Å². The SMILES string of the molecule is NC(=NCC1(c2ccc(Br)cc2)CCOCC1)NC1CC1. The Morgan fingerprint density at radius 2 is 1.95 bits per heavy atom. The number of ether oxygens (including phenoxy) is 1. The summed E-state index contributed by atoms with van der Waals surface area (Å²) in [6, 6.07) is 9.13. The van der Waals surface area contributed by atoms with Crippen LogP contribution in [0, 0.1) is 0 Å². The fourth-order valence-electron chi connectivity index (χ4n) is 2.82. The topological polar surface area (TPSA) is 59.6 Å². The quantitative estimate of drug-likeness (QED) is 0.647. The molecule has 2 fully saturated rings. The first-order valence-corrected chi connectivity index (χ1v) is 8.38. The van der Waals surface area contributed by atoms with Gasteiger partial charge in [-0.25, -0.2) is 0 Å². The fraction of sp³-hybridized carbons (Fsp3) is 0.562. The Balaban J connectivity index is 1.77. The average molecular weight is 352 g/mol. The fourth-order valence-corrected chi connectivity index (χ4v) is 3.09. The molecule has 114 valence electrons. The number of halogens is 1. The highest BCUT2D eigenvalue weighted by atomic mass is 79.9. The van der Waals surface area contributed by atoms with Gasteiger partial charge in [0.15, 0.2) is 5.96 Å². The lowest BCUT2D eigenvalue weighted by Crippen LogP contribution is -2.39. The lowest BCUT2D eigenvalue weighted by Gasteiger charge is -2.36. The predicted molar refractivity (Wildman–Crippen MR) is 88.5 cm³/mol. The van der Waals surface area contributed by atoms with Crippen molar-refractivity contribution in [3.8, 4) is 0 Å². The maximum Gasteiger partial charge on any atom is 0.188 e. The van der Waals surface area contributed by atoms with Crippen LogP contribution in [-0.2, 0) is 10.2 Å². The summed E-state index contributed by atoms with van der Waals surface area (Å²) in [5, 5.41) is 3.26. The number of rotatable bonds is 4. The number of nitrogens with one attached hydrogen (secondary N) is 1.